The van der Waals surface area contributed by atoms with Crippen molar-refractivity contribution in [2.75, 3.05) is 6.54 Å². The molecule has 1 aliphatic carbocycles. The van der Waals surface area contributed by atoms with Crippen molar-refractivity contribution in [3.63, 3.8) is 0 Å². The van der Waals surface area contributed by atoms with E-state index >= 15 is 0 Å². The molecule has 10 heteroatoms. The second-order valence-electron chi connectivity index (χ2n) is 11.9. The van der Waals surface area contributed by atoms with Crippen LogP contribution in [0.5, 0.6) is 0 Å². The van der Waals surface area contributed by atoms with Crippen molar-refractivity contribution in [1.29, 1.82) is 0 Å². The summed E-state index contributed by atoms with van der Waals surface area (Å²) >= 11 is 0. The molecule has 0 spiro atoms. The van der Waals surface area contributed by atoms with Crippen molar-refractivity contribution in [3.05, 3.63) is 81.9 Å². The van der Waals surface area contributed by atoms with Gasteiger partial charge in [-0.25, -0.2) is 4.98 Å². The van der Waals surface area contributed by atoms with E-state index in [1.54, 1.807) is 12.4 Å². The molecule has 7 nitrogen and oxygen atoms in total. The van der Waals surface area contributed by atoms with Crippen molar-refractivity contribution in [1.82, 2.24) is 29.6 Å². The molecule has 1 fully saturated rings. The Morgan fingerprint density at radius 1 is 1.10 bits per heavy atom. The first kappa shape index (κ1) is 27.1. The minimum absolute atomic E-state index is 0.0631. The van der Waals surface area contributed by atoms with E-state index in [-0.39, 0.29) is 28.3 Å². The number of fused-ring (bicyclic) bond motifs is 1. The molecular formula is C29H33F3N6O. The van der Waals surface area contributed by atoms with E-state index in [2.05, 4.69) is 34.3 Å². The topological polar surface area (TPSA) is 77.6 Å². The number of nitrogens with one attached hydrogen (secondary N) is 1. The third-order valence-electron chi connectivity index (χ3n) is 7.49. The maximum absolute atomic E-state index is 14.0. The fraction of sp³-hybridized carbons (Fsp3) is 0.448. The second-order valence-corrected chi connectivity index (χ2v) is 11.9. The molecule has 4 aromatic rings. The first-order valence-electron chi connectivity index (χ1n) is 13.1. The molecular weight excluding hydrogens is 505 g/mol. The van der Waals surface area contributed by atoms with Crippen molar-refractivity contribution in [3.8, 4) is 5.69 Å². The summed E-state index contributed by atoms with van der Waals surface area (Å²) in [5.41, 5.74) is -0.163. The van der Waals surface area contributed by atoms with Crippen LogP contribution in [0, 0.1) is 11.3 Å². The Morgan fingerprint density at radius 2 is 1.85 bits per heavy atom. The largest absolute Gasteiger partial charge is 0.418 e. The number of aromatic nitrogens is 5. The molecule has 0 saturated heterocycles. The van der Waals surface area contributed by atoms with Crippen LogP contribution >= 0.6 is 0 Å². The predicted octanol–water partition coefficient (Wildman–Crippen LogP) is 5.38. The number of aryl methyl sites for hydroxylation is 1. The lowest BCUT2D eigenvalue weighted by atomic mass is 9.51. The Bertz CT molecular complexity index is 1580. The standard InChI is InChI=1S/C29H33F3N6O/c1-18(2)12-33-13-19-9-22-24(23(10-19)29(30,31)32)34-16-38(25(22)39)21-8-6-7-20(11-21)28(14-27(3,4)15-28)26-36-35-17-37(26)5/h6-11,16-18,33H,12-15H2,1-5H3. The van der Waals surface area contributed by atoms with Crippen LogP contribution in [0.25, 0.3) is 16.6 Å². The number of nitrogens with zero attached hydrogens (tertiary/aromatic N) is 5. The summed E-state index contributed by atoms with van der Waals surface area (Å²) in [6, 6.07) is 10.1. The average Bonchev–Trinajstić information content (AvgIpc) is 3.27. The minimum Gasteiger partial charge on any atom is -0.320 e. The zero-order valence-corrected chi connectivity index (χ0v) is 22.8. The molecule has 0 atom stereocenters. The average molecular weight is 539 g/mol. The highest BCUT2D eigenvalue weighted by molar-refractivity contribution is 5.82. The summed E-state index contributed by atoms with van der Waals surface area (Å²) in [4.78, 5) is 17.8. The van der Waals surface area contributed by atoms with Gasteiger partial charge in [-0.2, -0.15) is 13.2 Å². The lowest BCUT2D eigenvalue weighted by molar-refractivity contribution is -0.136. The first-order valence-corrected chi connectivity index (χ1v) is 13.1. The first-order chi connectivity index (χ1) is 18.3. The summed E-state index contributed by atoms with van der Waals surface area (Å²) in [6.45, 7) is 9.31. The van der Waals surface area contributed by atoms with E-state index in [0.717, 1.165) is 30.3 Å². The molecule has 0 unspecified atom stereocenters. The van der Waals surface area contributed by atoms with Gasteiger partial charge in [0.2, 0.25) is 0 Å². The monoisotopic (exact) mass is 538 g/mol. The smallest absolute Gasteiger partial charge is 0.320 e. The summed E-state index contributed by atoms with van der Waals surface area (Å²) in [7, 11) is 1.91. The highest BCUT2D eigenvalue weighted by Gasteiger charge is 2.54. The van der Waals surface area contributed by atoms with E-state index in [1.165, 1.54) is 17.0 Å². The lowest BCUT2D eigenvalue weighted by Gasteiger charge is -2.52. The van der Waals surface area contributed by atoms with Gasteiger partial charge in [0.05, 0.1) is 27.6 Å². The molecule has 2 aromatic carbocycles. The van der Waals surface area contributed by atoms with Gasteiger partial charge in [-0.3, -0.25) is 9.36 Å². The second kappa shape index (κ2) is 9.59. The van der Waals surface area contributed by atoms with Crippen LogP contribution in [-0.4, -0.2) is 30.9 Å². The molecule has 2 aromatic heterocycles. The zero-order chi connectivity index (χ0) is 28.2. The van der Waals surface area contributed by atoms with E-state index in [9.17, 15) is 18.0 Å². The van der Waals surface area contributed by atoms with Gasteiger partial charge in [-0.15, -0.1) is 10.2 Å². The van der Waals surface area contributed by atoms with Gasteiger partial charge in [0.1, 0.15) is 18.5 Å². The van der Waals surface area contributed by atoms with Crippen LogP contribution in [0.1, 0.15) is 63.1 Å². The Kier molecular flexibility index (Phi) is 6.65. The van der Waals surface area contributed by atoms with Gasteiger partial charge in [-0.1, -0.05) is 39.8 Å². The van der Waals surface area contributed by atoms with Gasteiger partial charge in [0, 0.05) is 13.6 Å². The SMILES string of the molecule is CC(C)CNCc1cc(C(F)(F)F)c2ncn(-c3cccc(C4(c5nncn5C)CC(C)(C)C4)c3)c(=O)c2c1. The molecule has 0 radical (unpaired) electrons. The van der Waals surface area contributed by atoms with Gasteiger partial charge < -0.3 is 9.88 Å². The molecule has 5 rings (SSSR count). The normalized spacial score (nSPS) is 16.5. The van der Waals surface area contributed by atoms with E-state index in [4.69, 9.17) is 0 Å². The third kappa shape index (κ3) is 4.97. The Morgan fingerprint density at radius 3 is 2.46 bits per heavy atom. The van der Waals surface area contributed by atoms with Gasteiger partial charge in [0.25, 0.3) is 5.56 Å². The number of rotatable bonds is 7. The molecule has 206 valence electrons. The van der Waals surface area contributed by atoms with Gasteiger partial charge in [0.15, 0.2) is 0 Å². The van der Waals surface area contributed by atoms with Crippen LogP contribution in [0.2, 0.25) is 0 Å². The molecule has 0 amide bonds. The summed E-state index contributed by atoms with van der Waals surface area (Å²) < 4.78 is 45.2. The Balaban J connectivity index is 1.62. The van der Waals surface area contributed by atoms with E-state index < -0.39 is 17.3 Å². The summed E-state index contributed by atoms with van der Waals surface area (Å²) in [5.74, 6) is 1.18. The molecule has 2 heterocycles. The van der Waals surface area contributed by atoms with Crippen molar-refractivity contribution in [2.24, 2.45) is 18.4 Å². The maximum atomic E-state index is 14.0. The van der Waals surface area contributed by atoms with Crippen molar-refractivity contribution < 1.29 is 13.2 Å². The van der Waals surface area contributed by atoms with Crippen LogP contribution in [0.15, 0.2) is 53.8 Å². The fourth-order valence-electron chi connectivity index (χ4n) is 6.04. The summed E-state index contributed by atoms with van der Waals surface area (Å²) in [5, 5.41) is 11.6. The van der Waals surface area contributed by atoms with Crippen molar-refractivity contribution in [2.45, 2.75) is 58.7 Å². The van der Waals surface area contributed by atoms with Crippen LogP contribution < -0.4 is 10.9 Å². The summed E-state index contributed by atoms with van der Waals surface area (Å²) in [6.07, 6.45) is -0.0757. The number of alkyl halides is 3. The Hall–Kier alpha value is -3.53. The highest BCUT2D eigenvalue weighted by Crippen LogP contribution is 2.58. The lowest BCUT2D eigenvalue weighted by Crippen LogP contribution is -2.49. The van der Waals surface area contributed by atoms with Gasteiger partial charge >= 0.3 is 6.18 Å². The molecule has 1 aliphatic rings. The predicted molar refractivity (Wildman–Crippen MR) is 144 cm³/mol. The van der Waals surface area contributed by atoms with Gasteiger partial charge in [-0.05, 0) is 66.1 Å². The highest BCUT2D eigenvalue weighted by atomic mass is 19.4. The fourth-order valence-corrected chi connectivity index (χ4v) is 6.04. The third-order valence-corrected chi connectivity index (χ3v) is 7.49. The zero-order valence-electron chi connectivity index (χ0n) is 22.8. The molecule has 39 heavy (non-hydrogen) atoms. The Labute approximate surface area is 225 Å². The molecule has 1 N–H and O–H groups in total. The molecule has 1 saturated carbocycles. The van der Waals surface area contributed by atoms with Crippen LogP contribution in [0.4, 0.5) is 13.2 Å². The van der Waals surface area contributed by atoms with Crippen LogP contribution in [-0.2, 0) is 25.2 Å². The van der Waals surface area contributed by atoms with E-state index in [0.29, 0.717) is 23.7 Å². The van der Waals surface area contributed by atoms with Crippen LogP contribution in [0.3, 0.4) is 0 Å². The van der Waals surface area contributed by atoms with E-state index in [1.807, 2.05) is 43.7 Å². The maximum Gasteiger partial charge on any atom is 0.418 e. The number of hydrogen-bond acceptors (Lipinski definition) is 5. The number of hydrogen-bond donors (Lipinski definition) is 1. The molecule has 0 bridgehead atoms. The number of halogens is 3. The molecule has 0 aliphatic heterocycles. The number of benzene rings is 2. The minimum atomic E-state index is -4.64. The quantitative estimate of drug-likeness (QED) is 0.342. The van der Waals surface area contributed by atoms with Crippen molar-refractivity contribution >= 4 is 10.9 Å².